The van der Waals surface area contributed by atoms with Gasteiger partial charge in [0.2, 0.25) is 0 Å². The first-order valence-electron chi connectivity index (χ1n) is 11.0. The summed E-state index contributed by atoms with van der Waals surface area (Å²) < 4.78 is 33.0. The molecule has 34 heavy (non-hydrogen) atoms. The molecule has 3 aromatic rings. The smallest absolute Gasteiger partial charge is 0.338 e. The normalized spacial score (nSPS) is 11.0. The summed E-state index contributed by atoms with van der Waals surface area (Å²) >= 11 is 0. The molecule has 1 amide bonds. The standard InChI is InChI=1S/C26H28N2O5S/c1-4-5-16-33-26(30)20-8-11-22(12-9-20)27-25(29)21-10-15-24(19(3)17-21)28-34(31,32)23-13-6-18(2)7-14-23/h6-15,17,28H,4-5,16H2,1-3H3,(H,27,29). The number of aryl methyl sites for hydroxylation is 2. The molecule has 2 N–H and O–H groups in total. The molecule has 0 heterocycles. The maximum absolute atomic E-state index is 12.7. The summed E-state index contributed by atoms with van der Waals surface area (Å²) in [6.07, 6.45) is 1.75. The quantitative estimate of drug-likeness (QED) is 0.319. The van der Waals surface area contributed by atoms with E-state index in [1.165, 1.54) is 0 Å². The SMILES string of the molecule is CCCCOC(=O)c1ccc(NC(=O)c2ccc(NS(=O)(=O)c3ccc(C)cc3)c(C)c2)cc1. The average Bonchev–Trinajstić information content (AvgIpc) is 2.81. The Morgan fingerprint density at radius 2 is 1.53 bits per heavy atom. The van der Waals surface area contributed by atoms with Crippen LogP contribution in [0.3, 0.4) is 0 Å². The summed E-state index contributed by atoms with van der Waals surface area (Å²) in [6.45, 7) is 6.01. The second-order valence-corrected chi connectivity index (χ2v) is 9.65. The monoisotopic (exact) mass is 480 g/mol. The Morgan fingerprint density at radius 3 is 2.15 bits per heavy atom. The van der Waals surface area contributed by atoms with Crippen LogP contribution < -0.4 is 10.0 Å². The van der Waals surface area contributed by atoms with Crippen LogP contribution in [-0.2, 0) is 14.8 Å². The Hall–Kier alpha value is -3.65. The van der Waals surface area contributed by atoms with E-state index in [-0.39, 0.29) is 10.8 Å². The van der Waals surface area contributed by atoms with Crippen LogP contribution in [0.1, 0.15) is 51.6 Å². The third-order valence-corrected chi connectivity index (χ3v) is 6.56. The number of hydrogen-bond acceptors (Lipinski definition) is 5. The van der Waals surface area contributed by atoms with Gasteiger partial charge in [-0.25, -0.2) is 13.2 Å². The fraction of sp³-hybridized carbons (Fsp3) is 0.231. The van der Waals surface area contributed by atoms with Gasteiger partial charge in [0.1, 0.15) is 0 Å². The molecule has 3 rings (SSSR count). The van der Waals surface area contributed by atoms with Gasteiger partial charge in [0.05, 0.1) is 22.8 Å². The fourth-order valence-corrected chi connectivity index (χ4v) is 4.26. The summed E-state index contributed by atoms with van der Waals surface area (Å²) in [6, 6.07) is 17.7. The summed E-state index contributed by atoms with van der Waals surface area (Å²) in [5.74, 6) is -0.750. The van der Waals surface area contributed by atoms with Gasteiger partial charge in [-0.3, -0.25) is 9.52 Å². The van der Waals surface area contributed by atoms with Crippen molar-refractivity contribution in [2.24, 2.45) is 0 Å². The van der Waals surface area contributed by atoms with E-state index in [0.29, 0.717) is 34.7 Å². The third kappa shape index (κ3) is 6.45. The number of amides is 1. The predicted molar refractivity (Wildman–Crippen MR) is 133 cm³/mol. The topological polar surface area (TPSA) is 102 Å². The second-order valence-electron chi connectivity index (χ2n) is 7.97. The summed E-state index contributed by atoms with van der Waals surface area (Å²) in [5.41, 5.74) is 3.27. The van der Waals surface area contributed by atoms with Crippen LogP contribution in [0.4, 0.5) is 11.4 Å². The van der Waals surface area contributed by atoms with E-state index in [1.807, 2.05) is 13.8 Å². The molecule has 0 fully saturated rings. The maximum Gasteiger partial charge on any atom is 0.338 e. The van der Waals surface area contributed by atoms with Gasteiger partial charge in [-0.1, -0.05) is 31.0 Å². The minimum absolute atomic E-state index is 0.164. The van der Waals surface area contributed by atoms with E-state index < -0.39 is 16.0 Å². The van der Waals surface area contributed by atoms with Gasteiger partial charge in [-0.15, -0.1) is 0 Å². The van der Waals surface area contributed by atoms with Crippen LogP contribution >= 0.6 is 0 Å². The van der Waals surface area contributed by atoms with Gasteiger partial charge in [0, 0.05) is 11.3 Å². The largest absolute Gasteiger partial charge is 0.462 e. The molecule has 0 saturated heterocycles. The van der Waals surface area contributed by atoms with E-state index in [9.17, 15) is 18.0 Å². The highest BCUT2D eigenvalue weighted by atomic mass is 32.2. The number of ether oxygens (including phenoxy) is 1. The van der Waals surface area contributed by atoms with E-state index >= 15 is 0 Å². The molecule has 0 spiro atoms. The van der Waals surface area contributed by atoms with Crippen molar-refractivity contribution in [1.82, 2.24) is 0 Å². The Morgan fingerprint density at radius 1 is 0.882 bits per heavy atom. The molecule has 0 atom stereocenters. The zero-order chi connectivity index (χ0) is 24.7. The molecule has 0 aliphatic carbocycles. The predicted octanol–water partition coefficient (Wildman–Crippen LogP) is 5.31. The van der Waals surface area contributed by atoms with E-state index in [1.54, 1.807) is 73.7 Å². The van der Waals surface area contributed by atoms with Crippen molar-refractivity contribution in [3.05, 3.63) is 89.0 Å². The van der Waals surface area contributed by atoms with Crippen molar-refractivity contribution in [2.75, 3.05) is 16.6 Å². The Labute approximate surface area is 200 Å². The number of unbranched alkanes of at least 4 members (excludes halogenated alkanes) is 1. The van der Waals surface area contributed by atoms with E-state index in [0.717, 1.165) is 18.4 Å². The van der Waals surface area contributed by atoms with Crippen LogP contribution in [0.25, 0.3) is 0 Å². The molecular weight excluding hydrogens is 452 g/mol. The van der Waals surface area contributed by atoms with Crippen molar-refractivity contribution in [3.63, 3.8) is 0 Å². The fourth-order valence-electron chi connectivity index (χ4n) is 3.13. The summed E-state index contributed by atoms with van der Waals surface area (Å²) in [7, 11) is -3.74. The lowest BCUT2D eigenvalue weighted by Crippen LogP contribution is -2.15. The molecule has 3 aromatic carbocycles. The lowest BCUT2D eigenvalue weighted by Gasteiger charge is -2.12. The lowest BCUT2D eigenvalue weighted by atomic mass is 10.1. The number of hydrogen-bond donors (Lipinski definition) is 2. The highest BCUT2D eigenvalue weighted by Gasteiger charge is 2.16. The Bertz CT molecular complexity index is 1270. The zero-order valence-electron chi connectivity index (χ0n) is 19.4. The molecular formula is C26H28N2O5S. The van der Waals surface area contributed by atoms with Gasteiger partial charge in [-0.2, -0.15) is 0 Å². The number of nitrogens with one attached hydrogen (secondary N) is 2. The number of anilines is 2. The first kappa shape index (κ1) is 25.0. The number of sulfonamides is 1. The van der Waals surface area contributed by atoms with Gasteiger partial charge in [-0.05, 0) is 80.4 Å². The molecule has 0 bridgehead atoms. The Kier molecular flexibility index (Phi) is 8.07. The highest BCUT2D eigenvalue weighted by molar-refractivity contribution is 7.92. The van der Waals surface area contributed by atoms with Crippen LogP contribution in [0.15, 0.2) is 71.6 Å². The molecule has 7 nitrogen and oxygen atoms in total. The molecule has 0 radical (unpaired) electrons. The summed E-state index contributed by atoms with van der Waals surface area (Å²) in [4.78, 5) is 24.8. The van der Waals surface area contributed by atoms with Crippen molar-refractivity contribution >= 4 is 33.3 Å². The average molecular weight is 481 g/mol. The van der Waals surface area contributed by atoms with Gasteiger partial charge in [0.25, 0.3) is 15.9 Å². The molecule has 8 heteroatoms. The third-order valence-electron chi connectivity index (χ3n) is 5.17. The number of esters is 1. The molecule has 0 aromatic heterocycles. The number of carbonyl (C=O) groups is 2. The van der Waals surface area contributed by atoms with Gasteiger partial charge in [0.15, 0.2) is 0 Å². The van der Waals surface area contributed by atoms with Crippen LogP contribution in [0.5, 0.6) is 0 Å². The first-order chi connectivity index (χ1) is 16.2. The Balaban J connectivity index is 1.65. The number of benzene rings is 3. The second kappa shape index (κ2) is 11.0. The van der Waals surface area contributed by atoms with E-state index in [2.05, 4.69) is 10.0 Å². The molecule has 0 aliphatic rings. The molecule has 0 aliphatic heterocycles. The maximum atomic E-state index is 12.7. The highest BCUT2D eigenvalue weighted by Crippen LogP contribution is 2.22. The molecule has 0 unspecified atom stereocenters. The lowest BCUT2D eigenvalue weighted by molar-refractivity contribution is 0.0499. The number of rotatable bonds is 9. The molecule has 178 valence electrons. The van der Waals surface area contributed by atoms with Crippen LogP contribution in [0, 0.1) is 13.8 Å². The van der Waals surface area contributed by atoms with Crippen LogP contribution in [0.2, 0.25) is 0 Å². The zero-order valence-corrected chi connectivity index (χ0v) is 20.2. The van der Waals surface area contributed by atoms with E-state index in [4.69, 9.17) is 4.74 Å². The van der Waals surface area contributed by atoms with Gasteiger partial charge >= 0.3 is 5.97 Å². The van der Waals surface area contributed by atoms with Gasteiger partial charge < -0.3 is 10.1 Å². The van der Waals surface area contributed by atoms with Crippen molar-refractivity contribution in [2.45, 2.75) is 38.5 Å². The summed E-state index contributed by atoms with van der Waals surface area (Å²) in [5, 5.41) is 2.77. The van der Waals surface area contributed by atoms with Crippen LogP contribution in [-0.4, -0.2) is 26.9 Å². The molecule has 0 saturated carbocycles. The minimum atomic E-state index is -3.74. The van der Waals surface area contributed by atoms with Crippen molar-refractivity contribution < 1.29 is 22.7 Å². The number of carbonyl (C=O) groups excluding carboxylic acids is 2. The first-order valence-corrected chi connectivity index (χ1v) is 12.5. The van der Waals surface area contributed by atoms with Crippen molar-refractivity contribution in [3.8, 4) is 0 Å². The minimum Gasteiger partial charge on any atom is -0.462 e. The van der Waals surface area contributed by atoms with Crippen molar-refractivity contribution in [1.29, 1.82) is 0 Å².